The molecule has 92 valence electrons. The summed E-state index contributed by atoms with van der Waals surface area (Å²) in [4.78, 5) is 24.3. The van der Waals surface area contributed by atoms with Gasteiger partial charge in [0.2, 0.25) is 0 Å². The van der Waals surface area contributed by atoms with Gasteiger partial charge in [0, 0.05) is 18.6 Å². The Balaban J connectivity index is 2.53. The number of nitrogens with zero attached hydrogens (tertiary/aromatic N) is 1. The summed E-state index contributed by atoms with van der Waals surface area (Å²) >= 11 is 0. The van der Waals surface area contributed by atoms with Gasteiger partial charge in [-0.05, 0) is 33.6 Å². The van der Waals surface area contributed by atoms with Gasteiger partial charge in [0.05, 0.1) is 5.92 Å². The van der Waals surface area contributed by atoms with Gasteiger partial charge in [0.15, 0.2) is 0 Å². The Labute approximate surface area is 95.8 Å². The zero-order chi connectivity index (χ0) is 12.3. The number of hydrogen-bond acceptors (Lipinski definition) is 2. The molecule has 2 N–H and O–H groups in total. The molecule has 2 atom stereocenters. The van der Waals surface area contributed by atoms with Crippen LogP contribution in [0.3, 0.4) is 0 Å². The number of hydrogen-bond donors (Lipinski definition) is 2. The molecule has 1 saturated heterocycles. The van der Waals surface area contributed by atoms with Gasteiger partial charge < -0.3 is 15.3 Å². The lowest BCUT2D eigenvalue weighted by atomic mass is 9.92. The van der Waals surface area contributed by atoms with Crippen LogP contribution < -0.4 is 5.32 Å². The number of likely N-dealkylation sites (tertiary alicyclic amines) is 1. The molecule has 1 rings (SSSR count). The second-order valence-corrected chi connectivity index (χ2v) is 4.71. The molecule has 0 aromatic heterocycles. The second-order valence-electron chi connectivity index (χ2n) is 4.71. The third-order valence-electron chi connectivity index (χ3n) is 2.90. The van der Waals surface area contributed by atoms with E-state index in [-0.39, 0.29) is 24.0 Å². The first-order valence-electron chi connectivity index (χ1n) is 5.71. The molecule has 0 saturated carbocycles. The Morgan fingerprint density at radius 2 is 2.06 bits per heavy atom. The molecular formula is C11H20N2O3. The average Bonchev–Trinajstić information content (AvgIpc) is 2.15. The first-order valence-corrected chi connectivity index (χ1v) is 5.71. The van der Waals surface area contributed by atoms with Gasteiger partial charge in [0.25, 0.3) is 0 Å². The fraction of sp³-hybridized carbons (Fsp3) is 0.818. The molecule has 0 aromatic rings. The van der Waals surface area contributed by atoms with Gasteiger partial charge in [-0.25, -0.2) is 4.79 Å². The topological polar surface area (TPSA) is 69.6 Å². The van der Waals surface area contributed by atoms with Crippen LogP contribution in [0.25, 0.3) is 0 Å². The van der Waals surface area contributed by atoms with Crippen LogP contribution in [-0.4, -0.2) is 40.6 Å². The van der Waals surface area contributed by atoms with Crippen molar-refractivity contribution in [1.29, 1.82) is 0 Å². The lowest BCUT2D eigenvalue weighted by molar-refractivity contribution is -0.143. The molecule has 5 nitrogen and oxygen atoms in total. The van der Waals surface area contributed by atoms with Crippen molar-refractivity contribution in [3.8, 4) is 0 Å². The highest BCUT2D eigenvalue weighted by Gasteiger charge is 2.32. The fourth-order valence-electron chi connectivity index (χ4n) is 2.03. The molecule has 0 radical (unpaired) electrons. The molecule has 1 fully saturated rings. The molecule has 1 aliphatic rings. The number of amides is 2. The lowest BCUT2D eigenvalue weighted by Crippen LogP contribution is -2.51. The maximum atomic E-state index is 11.8. The van der Waals surface area contributed by atoms with E-state index in [0.717, 1.165) is 0 Å². The summed E-state index contributed by atoms with van der Waals surface area (Å²) in [6, 6.07) is 0.0110. The standard InChI is InChI=1S/C11H20N2O3/c1-7(2)12-11(16)13-5-4-9(10(14)15)6-8(13)3/h7-9H,4-6H2,1-3H3,(H,12,16)(H,14,15). The normalized spacial score (nSPS) is 25.6. The fourth-order valence-corrected chi connectivity index (χ4v) is 2.03. The van der Waals surface area contributed by atoms with Gasteiger partial charge >= 0.3 is 12.0 Å². The van der Waals surface area contributed by atoms with Crippen LogP contribution in [0.5, 0.6) is 0 Å². The van der Waals surface area contributed by atoms with Crippen molar-refractivity contribution < 1.29 is 14.7 Å². The highest BCUT2D eigenvalue weighted by Crippen LogP contribution is 2.22. The van der Waals surface area contributed by atoms with E-state index in [4.69, 9.17) is 5.11 Å². The first-order chi connectivity index (χ1) is 7.41. The average molecular weight is 228 g/mol. The van der Waals surface area contributed by atoms with Crippen molar-refractivity contribution in [3.63, 3.8) is 0 Å². The number of aliphatic carboxylic acids is 1. The number of carboxylic acid groups (broad SMARTS) is 1. The molecule has 0 aromatic carbocycles. The van der Waals surface area contributed by atoms with Gasteiger partial charge in [-0.3, -0.25) is 4.79 Å². The maximum Gasteiger partial charge on any atom is 0.317 e. The molecular weight excluding hydrogens is 208 g/mol. The summed E-state index contributed by atoms with van der Waals surface area (Å²) in [7, 11) is 0. The molecule has 5 heteroatoms. The van der Waals surface area contributed by atoms with E-state index in [1.54, 1.807) is 4.90 Å². The van der Waals surface area contributed by atoms with Crippen LogP contribution >= 0.6 is 0 Å². The number of piperidine rings is 1. The zero-order valence-corrected chi connectivity index (χ0v) is 10.1. The van der Waals surface area contributed by atoms with E-state index in [1.807, 2.05) is 20.8 Å². The third kappa shape index (κ3) is 3.12. The van der Waals surface area contributed by atoms with Crippen LogP contribution in [0, 0.1) is 5.92 Å². The smallest absolute Gasteiger partial charge is 0.317 e. The molecule has 1 aliphatic heterocycles. The molecule has 1 heterocycles. The number of carboxylic acids is 1. The predicted octanol–water partition coefficient (Wildman–Crippen LogP) is 1.29. The van der Waals surface area contributed by atoms with Crippen molar-refractivity contribution >= 4 is 12.0 Å². The van der Waals surface area contributed by atoms with Gasteiger partial charge in [0.1, 0.15) is 0 Å². The van der Waals surface area contributed by atoms with Crippen LogP contribution in [0.4, 0.5) is 4.79 Å². The molecule has 0 spiro atoms. The summed E-state index contributed by atoms with van der Waals surface area (Å²) in [6.45, 7) is 6.24. The Bertz CT molecular complexity index is 278. The van der Waals surface area contributed by atoms with Gasteiger partial charge in [-0.2, -0.15) is 0 Å². The van der Waals surface area contributed by atoms with Crippen molar-refractivity contribution in [1.82, 2.24) is 10.2 Å². The number of urea groups is 1. The summed E-state index contributed by atoms with van der Waals surface area (Å²) in [5, 5.41) is 11.7. The first kappa shape index (κ1) is 12.8. The molecule has 16 heavy (non-hydrogen) atoms. The monoisotopic (exact) mass is 228 g/mol. The lowest BCUT2D eigenvalue weighted by Gasteiger charge is -2.36. The SMILES string of the molecule is CC(C)NC(=O)N1CCC(C(=O)O)CC1C. The number of carbonyl (C=O) groups is 2. The van der Waals surface area contributed by atoms with Gasteiger partial charge in [-0.1, -0.05) is 0 Å². The molecule has 2 unspecified atom stereocenters. The molecule has 2 amide bonds. The Morgan fingerprint density at radius 3 is 2.50 bits per heavy atom. The number of rotatable bonds is 2. The van der Waals surface area contributed by atoms with E-state index >= 15 is 0 Å². The predicted molar refractivity (Wildman–Crippen MR) is 60.2 cm³/mol. The van der Waals surface area contributed by atoms with Crippen molar-refractivity contribution in [3.05, 3.63) is 0 Å². The minimum Gasteiger partial charge on any atom is -0.481 e. The Kier molecular flexibility index (Phi) is 4.15. The summed E-state index contributed by atoms with van der Waals surface area (Å²) < 4.78 is 0. The number of nitrogens with one attached hydrogen (secondary N) is 1. The Morgan fingerprint density at radius 1 is 1.44 bits per heavy atom. The summed E-state index contributed by atoms with van der Waals surface area (Å²) in [5.74, 6) is -1.06. The second kappa shape index (κ2) is 5.18. The molecule has 0 bridgehead atoms. The maximum absolute atomic E-state index is 11.8. The van der Waals surface area contributed by atoms with Crippen LogP contribution in [0.1, 0.15) is 33.6 Å². The zero-order valence-electron chi connectivity index (χ0n) is 10.1. The highest BCUT2D eigenvalue weighted by atomic mass is 16.4. The summed E-state index contributed by atoms with van der Waals surface area (Å²) in [6.07, 6.45) is 1.09. The van der Waals surface area contributed by atoms with Crippen molar-refractivity contribution in [2.45, 2.75) is 45.7 Å². The minimum absolute atomic E-state index is 0.00593. The van der Waals surface area contributed by atoms with Crippen molar-refractivity contribution in [2.24, 2.45) is 5.92 Å². The van der Waals surface area contributed by atoms with E-state index in [1.165, 1.54) is 0 Å². The molecule has 0 aliphatic carbocycles. The summed E-state index contributed by atoms with van der Waals surface area (Å²) in [5.41, 5.74) is 0. The highest BCUT2D eigenvalue weighted by molar-refractivity contribution is 5.76. The van der Waals surface area contributed by atoms with Crippen molar-refractivity contribution in [2.75, 3.05) is 6.54 Å². The minimum atomic E-state index is -0.754. The quantitative estimate of drug-likeness (QED) is 0.748. The van der Waals surface area contributed by atoms with E-state index in [9.17, 15) is 9.59 Å². The third-order valence-corrected chi connectivity index (χ3v) is 2.90. The van der Waals surface area contributed by atoms with Crippen LogP contribution in [0.2, 0.25) is 0 Å². The Hall–Kier alpha value is -1.26. The number of carbonyl (C=O) groups excluding carboxylic acids is 1. The van der Waals surface area contributed by atoms with E-state index in [2.05, 4.69) is 5.32 Å². The van der Waals surface area contributed by atoms with Gasteiger partial charge in [-0.15, -0.1) is 0 Å². The van der Waals surface area contributed by atoms with E-state index in [0.29, 0.717) is 19.4 Å². The van der Waals surface area contributed by atoms with E-state index < -0.39 is 5.97 Å². The van der Waals surface area contributed by atoms with Crippen LogP contribution in [-0.2, 0) is 4.79 Å². The van der Waals surface area contributed by atoms with Crippen LogP contribution in [0.15, 0.2) is 0 Å². The largest absolute Gasteiger partial charge is 0.481 e.